The molecule has 2 aromatic rings. The van der Waals surface area contributed by atoms with Gasteiger partial charge in [-0.2, -0.15) is 0 Å². The van der Waals surface area contributed by atoms with Crippen molar-refractivity contribution in [1.82, 2.24) is 9.97 Å². The van der Waals surface area contributed by atoms with E-state index in [9.17, 15) is 4.79 Å². The van der Waals surface area contributed by atoms with Gasteiger partial charge in [0.2, 0.25) is 0 Å². The van der Waals surface area contributed by atoms with Gasteiger partial charge in [0.25, 0.3) is 0 Å². The van der Waals surface area contributed by atoms with Gasteiger partial charge in [-0.25, -0.2) is 9.97 Å². The Morgan fingerprint density at radius 1 is 0.800 bits per heavy atom. The molecular weight excluding hydrogens is 432 g/mol. The van der Waals surface area contributed by atoms with E-state index in [1.165, 1.54) is 82.6 Å². The van der Waals surface area contributed by atoms with Crippen molar-refractivity contribution in [2.75, 3.05) is 0 Å². The van der Waals surface area contributed by atoms with Gasteiger partial charge in [0, 0.05) is 24.4 Å². The predicted octanol–water partition coefficient (Wildman–Crippen LogP) is 9.12. The lowest BCUT2D eigenvalue weighted by Gasteiger charge is -2.08. The van der Waals surface area contributed by atoms with Crippen molar-refractivity contribution in [2.24, 2.45) is 5.92 Å². The summed E-state index contributed by atoms with van der Waals surface area (Å²) in [5.41, 5.74) is 2.14. The number of hydrogen-bond donors (Lipinski definition) is 0. The van der Waals surface area contributed by atoms with Gasteiger partial charge in [0.15, 0.2) is 5.82 Å². The Labute approximate surface area is 214 Å². The molecular formula is C31H48N2O2. The number of carbonyl (C=O) groups excluding carboxylic acids is 1. The first kappa shape index (κ1) is 29.0. The van der Waals surface area contributed by atoms with Gasteiger partial charge in [-0.1, -0.05) is 97.8 Å². The molecule has 0 amide bonds. The second kappa shape index (κ2) is 18.1. The zero-order valence-corrected chi connectivity index (χ0v) is 22.6. The maximum Gasteiger partial charge on any atom is 0.311 e. The van der Waals surface area contributed by atoms with Crippen LogP contribution in [0.15, 0.2) is 36.7 Å². The van der Waals surface area contributed by atoms with Gasteiger partial charge in [-0.05, 0) is 55.0 Å². The minimum Gasteiger partial charge on any atom is -0.427 e. The summed E-state index contributed by atoms with van der Waals surface area (Å²) in [6.07, 6.45) is 23.3. The van der Waals surface area contributed by atoms with Gasteiger partial charge >= 0.3 is 5.97 Å². The summed E-state index contributed by atoms with van der Waals surface area (Å²) >= 11 is 0. The minimum atomic E-state index is -0.158. The molecule has 0 N–H and O–H groups in total. The maximum atomic E-state index is 12.1. The Balaban J connectivity index is 1.63. The third-order valence-corrected chi connectivity index (χ3v) is 6.89. The van der Waals surface area contributed by atoms with Gasteiger partial charge in [0.05, 0.1) is 0 Å². The average molecular weight is 481 g/mol. The van der Waals surface area contributed by atoms with Crippen LogP contribution in [0.3, 0.4) is 0 Å². The van der Waals surface area contributed by atoms with E-state index < -0.39 is 0 Å². The fourth-order valence-corrected chi connectivity index (χ4v) is 4.27. The van der Waals surface area contributed by atoms with Crippen LogP contribution in [-0.4, -0.2) is 15.9 Å². The van der Waals surface area contributed by atoms with Crippen LogP contribution in [0.4, 0.5) is 0 Å². The van der Waals surface area contributed by atoms with E-state index in [2.05, 4.69) is 30.7 Å². The summed E-state index contributed by atoms with van der Waals surface area (Å²) < 4.78 is 5.48. The summed E-state index contributed by atoms with van der Waals surface area (Å²) in [6.45, 7) is 6.74. The number of carbonyl (C=O) groups is 1. The Hall–Kier alpha value is -2.23. The van der Waals surface area contributed by atoms with Crippen LogP contribution in [0.25, 0.3) is 11.4 Å². The molecule has 0 bridgehead atoms. The third-order valence-electron chi connectivity index (χ3n) is 6.89. The molecule has 0 aliphatic carbocycles. The second-order valence-electron chi connectivity index (χ2n) is 10.1. The summed E-state index contributed by atoms with van der Waals surface area (Å²) in [4.78, 5) is 21.2. The number of ether oxygens (including phenoxy) is 1. The SMILES string of the molecule is CCCCCCCCCCCCc1cnc(-c2ccc(OC(=O)CCCCC(C)CC)cc2)nc1. The van der Waals surface area contributed by atoms with Crippen LogP contribution in [0, 0.1) is 5.92 Å². The molecule has 4 heteroatoms. The Morgan fingerprint density at radius 2 is 1.40 bits per heavy atom. The van der Waals surface area contributed by atoms with Crippen LogP contribution >= 0.6 is 0 Å². The molecule has 1 aromatic heterocycles. The van der Waals surface area contributed by atoms with Gasteiger partial charge in [-0.15, -0.1) is 0 Å². The zero-order chi connectivity index (χ0) is 25.1. The van der Waals surface area contributed by atoms with Gasteiger partial charge < -0.3 is 4.74 Å². The first-order valence-corrected chi connectivity index (χ1v) is 14.2. The quantitative estimate of drug-likeness (QED) is 0.114. The molecule has 0 saturated heterocycles. The topological polar surface area (TPSA) is 52.1 Å². The molecule has 0 spiro atoms. The second-order valence-corrected chi connectivity index (χ2v) is 10.1. The number of benzene rings is 1. The van der Waals surface area contributed by atoms with Crippen molar-refractivity contribution < 1.29 is 9.53 Å². The van der Waals surface area contributed by atoms with Crippen molar-refractivity contribution in [3.05, 3.63) is 42.2 Å². The summed E-state index contributed by atoms with van der Waals surface area (Å²) in [5, 5.41) is 0. The lowest BCUT2D eigenvalue weighted by atomic mass is 10.0. The lowest BCUT2D eigenvalue weighted by Crippen LogP contribution is -2.07. The third kappa shape index (κ3) is 12.9. The highest BCUT2D eigenvalue weighted by Gasteiger charge is 2.08. The number of aromatic nitrogens is 2. The normalized spacial score (nSPS) is 12.0. The molecule has 0 aliphatic heterocycles. The standard InChI is InChI=1S/C31H48N2O2/c1-4-6-7-8-9-10-11-12-13-14-18-27-24-32-31(33-25-27)28-20-22-29(23-21-28)35-30(34)19-16-15-17-26(3)5-2/h20-26H,4-19H2,1-3H3. The monoisotopic (exact) mass is 480 g/mol. The predicted molar refractivity (Wildman–Crippen MR) is 147 cm³/mol. The fraction of sp³-hybridized carbons (Fsp3) is 0.645. The molecule has 1 heterocycles. The highest BCUT2D eigenvalue weighted by Crippen LogP contribution is 2.21. The van der Waals surface area contributed by atoms with Gasteiger partial charge in [0.1, 0.15) is 5.75 Å². The van der Waals surface area contributed by atoms with Crippen molar-refractivity contribution in [3.63, 3.8) is 0 Å². The average Bonchev–Trinajstić information content (AvgIpc) is 2.88. The van der Waals surface area contributed by atoms with E-state index in [1.54, 1.807) is 0 Å². The fourth-order valence-electron chi connectivity index (χ4n) is 4.27. The maximum absolute atomic E-state index is 12.1. The molecule has 194 valence electrons. The van der Waals surface area contributed by atoms with E-state index in [0.29, 0.717) is 18.0 Å². The molecule has 35 heavy (non-hydrogen) atoms. The first-order valence-electron chi connectivity index (χ1n) is 14.2. The summed E-state index contributed by atoms with van der Waals surface area (Å²) in [6, 6.07) is 7.49. The van der Waals surface area contributed by atoms with Crippen molar-refractivity contribution in [2.45, 2.75) is 124 Å². The highest BCUT2D eigenvalue weighted by molar-refractivity contribution is 5.72. The van der Waals surface area contributed by atoms with Crippen LogP contribution in [0.2, 0.25) is 0 Å². The van der Waals surface area contributed by atoms with E-state index in [1.807, 2.05) is 36.7 Å². The molecule has 0 radical (unpaired) electrons. The Morgan fingerprint density at radius 3 is 2.00 bits per heavy atom. The molecule has 1 unspecified atom stereocenters. The number of unbranched alkanes of at least 4 members (excludes halogenated alkanes) is 10. The van der Waals surface area contributed by atoms with Crippen LogP contribution in [-0.2, 0) is 11.2 Å². The van der Waals surface area contributed by atoms with Crippen LogP contribution in [0.1, 0.15) is 123 Å². The zero-order valence-electron chi connectivity index (χ0n) is 22.6. The summed E-state index contributed by atoms with van der Waals surface area (Å²) in [7, 11) is 0. The molecule has 1 aromatic carbocycles. The molecule has 0 fully saturated rings. The largest absolute Gasteiger partial charge is 0.427 e. The Bertz CT molecular complexity index is 802. The lowest BCUT2D eigenvalue weighted by molar-refractivity contribution is -0.134. The van der Waals surface area contributed by atoms with Crippen molar-refractivity contribution >= 4 is 5.97 Å². The smallest absolute Gasteiger partial charge is 0.311 e. The van der Waals surface area contributed by atoms with E-state index >= 15 is 0 Å². The first-order chi connectivity index (χ1) is 17.1. The number of hydrogen-bond acceptors (Lipinski definition) is 4. The van der Waals surface area contributed by atoms with Crippen molar-refractivity contribution in [1.29, 1.82) is 0 Å². The minimum absolute atomic E-state index is 0.158. The Kier molecular flexibility index (Phi) is 15.0. The van der Waals surface area contributed by atoms with Crippen molar-refractivity contribution in [3.8, 4) is 17.1 Å². The number of aryl methyl sites for hydroxylation is 1. The summed E-state index contributed by atoms with van der Waals surface area (Å²) in [5.74, 6) is 1.86. The molecule has 2 rings (SSSR count). The van der Waals surface area contributed by atoms with Crippen LogP contribution in [0.5, 0.6) is 5.75 Å². The number of nitrogens with zero attached hydrogens (tertiary/aromatic N) is 2. The molecule has 0 aliphatic rings. The van der Waals surface area contributed by atoms with E-state index in [4.69, 9.17) is 4.74 Å². The van der Waals surface area contributed by atoms with E-state index in [-0.39, 0.29) is 5.97 Å². The van der Waals surface area contributed by atoms with Crippen LogP contribution < -0.4 is 4.74 Å². The molecule has 4 nitrogen and oxygen atoms in total. The molecule has 0 saturated carbocycles. The number of rotatable bonds is 19. The van der Waals surface area contributed by atoms with E-state index in [0.717, 1.165) is 30.7 Å². The van der Waals surface area contributed by atoms with Gasteiger partial charge in [-0.3, -0.25) is 4.79 Å². The number of esters is 1. The highest BCUT2D eigenvalue weighted by atomic mass is 16.5. The molecule has 1 atom stereocenters.